The van der Waals surface area contributed by atoms with E-state index in [1.54, 1.807) is 13.2 Å². The van der Waals surface area contributed by atoms with Crippen LogP contribution in [-0.2, 0) is 14.2 Å². The quantitative estimate of drug-likeness (QED) is 0.237. The summed E-state index contributed by atoms with van der Waals surface area (Å²) in [6.45, 7) is 10.4. The number of benzene rings is 2. The third-order valence-electron chi connectivity index (χ3n) is 4.94. The average Bonchev–Trinajstić information content (AvgIpc) is 2.73. The molecule has 0 saturated heterocycles. The first-order valence-corrected chi connectivity index (χ1v) is 13.3. The predicted molar refractivity (Wildman–Crippen MR) is 123 cm³/mol. The van der Waals surface area contributed by atoms with E-state index in [4.69, 9.17) is 14.2 Å². The standard InChI is InChI=1S/C24H30O5Si/c1-8-9-14-19(27-2)22(30(5,6)7)20-17-13-11-10-12-16(17)15-18(23(25)28-3)21(20)24(26)29-4/h8,10-13,15H,1,9,14H2,2-7H3/b22-19+. The molecule has 0 aliphatic rings. The Morgan fingerprint density at radius 3 is 2.13 bits per heavy atom. The van der Waals surface area contributed by atoms with Crippen LogP contribution >= 0.6 is 0 Å². The summed E-state index contributed by atoms with van der Waals surface area (Å²) >= 11 is 0. The van der Waals surface area contributed by atoms with Gasteiger partial charge in [-0.3, -0.25) is 0 Å². The number of carbonyl (C=O) groups excluding carboxylic acids is 2. The van der Waals surface area contributed by atoms with Crippen molar-refractivity contribution in [2.24, 2.45) is 0 Å². The molecular formula is C24H30O5Si. The van der Waals surface area contributed by atoms with Crippen LogP contribution in [0.2, 0.25) is 19.6 Å². The second-order valence-corrected chi connectivity index (χ2v) is 13.0. The van der Waals surface area contributed by atoms with Crippen molar-refractivity contribution in [2.75, 3.05) is 21.3 Å². The second kappa shape index (κ2) is 9.76. The number of esters is 2. The fraction of sp³-hybridized carbons (Fsp3) is 0.333. The molecule has 0 fully saturated rings. The van der Waals surface area contributed by atoms with Crippen molar-refractivity contribution >= 4 is 36.0 Å². The fourth-order valence-electron chi connectivity index (χ4n) is 3.69. The van der Waals surface area contributed by atoms with Gasteiger partial charge in [-0.15, -0.1) is 6.58 Å². The first-order chi connectivity index (χ1) is 14.2. The molecule has 5 nitrogen and oxygen atoms in total. The van der Waals surface area contributed by atoms with Gasteiger partial charge in [0.25, 0.3) is 0 Å². The molecule has 0 saturated carbocycles. The Morgan fingerprint density at radius 1 is 0.967 bits per heavy atom. The second-order valence-electron chi connectivity index (χ2n) is 7.96. The molecule has 0 N–H and O–H groups in total. The number of allylic oxidation sites excluding steroid dienone is 2. The predicted octanol–water partition coefficient (Wildman–Crippen LogP) is 5.61. The Hall–Kier alpha value is -2.86. The number of ether oxygens (including phenoxy) is 3. The zero-order valence-electron chi connectivity index (χ0n) is 18.6. The molecule has 160 valence electrons. The van der Waals surface area contributed by atoms with E-state index in [0.717, 1.165) is 28.1 Å². The minimum Gasteiger partial charge on any atom is -0.501 e. The zero-order valence-corrected chi connectivity index (χ0v) is 19.6. The molecule has 6 heteroatoms. The number of fused-ring (bicyclic) bond motifs is 1. The van der Waals surface area contributed by atoms with Gasteiger partial charge in [-0.2, -0.15) is 0 Å². The topological polar surface area (TPSA) is 61.8 Å². The number of hydrogen-bond donors (Lipinski definition) is 0. The van der Waals surface area contributed by atoms with Gasteiger partial charge in [0.2, 0.25) is 0 Å². The van der Waals surface area contributed by atoms with E-state index >= 15 is 0 Å². The number of rotatable bonds is 8. The van der Waals surface area contributed by atoms with Gasteiger partial charge in [0, 0.05) is 12.0 Å². The zero-order chi connectivity index (χ0) is 22.5. The molecule has 0 atom stereocenters. The van der Waals surface area contributed by atoms with E-state index in [2.05, 4.69) is 26.2 Å². The summed E-state index contributed by atoms with van der Waals surface area (Å²) in [6.07, 6.45) is 3.22. The van der Waals surface area contributed by atoms with Gasteiger partial charge >= 0.3 is 11.9 Å². The summed E-state index contributed by atoms with van der Waals surface area (Å²) in [5, 5.41) is 2.70. The minimum absolute atomic E-state index is 0.188. The first-order valence-electron chi connectivity index (χ1n) is 9.82. The van der Waals surface area contributed by atoms with Crippen LogP contribution in [-0.4, -0.2) is 41.3 Å². The largest absolute Gasteiger partial charge is 0.501 e. The Labute approximate surface area is 179 Å². The number of methoxy groups -OCH3 is 3. The van der Waals surface area contributed by atoms with Crippen molar-refractivity contribution in [2.45, 2.75) is 32.5 Å². The average molecular weight is 427 g/mol. The molecule has 0 aliphatic heterocycles. The van der Waals surface area contributed by atoms with Crippen LogP contribution in [0, 0.1) is 0 Å². The normalized spacial score (nSPS) is 12.2. The molecule has 2 aromatic rings. The van der Waals surface area contributed by atoms with Gasteiger partial charge in [0.15, 0.2) is 0 Å². The monoisotopic (exact) mass is 426 g/mol. The lowest BCUT2D eigenvalue weighted by Gasteiger charge is -2.28. The Kier molecular flexibility index (Phi) is 7.62. The smallest absolute Gasteiger partial charge is 0.339 e. The summed E-state index contributed by atoms with van der Waals surface area (Å²) < 4.78 is 15.9. The van der Waals surface area contributed by atoms with E-state index in [0.29, 0.717) is 12.0 Å². The van der Waals surface area contributed by atoms with Crippen molar-refractivity contribution < 1.29 is 23.8 Å². The van der Waals surface area contributed by atoms with Crippen molar-refractivity contribution in [1.29, 1.82) is 0 Å². The first kappa shape index (κ1) is 23.4. The van der Waals surface area contributed by atoms with Crippen LogP contribution in [0.1, 0.15) is 39.1 Å². The van der Waals surface area contributed by atoms with Crippen molar-refractivity contribution in [3.05, 3.63) is 65.4 Å². The summed E-state index contributed by atoms with van der Waals surface area (Å²) in [4.78, 5) is 25.6. The highest BCUT2D eigenvalue weighted by molar-refractivity contribution is 6.94. The molecule has 0 unspecified atom stereocenters. The lowest BCUT2D eigenvalue weighted by molar-refractivity contribution is 0.0555. The highest BCUT2D eigenvalue weighted by atomic mass is 28.3. The maximum Gasteiger partial charge on any atom is 0.339 e. The van der Waals surface area contributed by atoms with Gasteiger partial charge in [-0.05, 0) is 28.5 Å². The van der Waals surface area contributed by atoms with Gasteiger partial charge in [0.1, 0.15) is 0 Å². The van der Waals surface area contributed by atoms with Crippen LogP contribution in [0.5, 0.6) is 0 Å². The van der Waals surface area contributed by atoms with Crippen molar-refractivity contribution in [1.82, 2.24) is 0 Å². The molecule has 0 radical (unpaired) electrons. The highest BCUT2D eigenvalue weighted by Crippen LogP contribution is 2.40. The van der Waals surface area contributed by atoms with Gasteiger partial charge in [0.05, 0.1) is 46.3 Å². The highest BCUT2D eigenvalue weighted by Gasteiger charge is 2.34. The lowest BCUT2D eigenvalue weighted by atomic mass is 9.92. The van der Waals surface area contributed by atoms with Crippen LogP contribution in [0.3, 0.4) is 0 Å². The fourth-order valence-corrected chi connectivity index (χ4v) is 5.76. The van der Waals surface area contributed by atoms with E-state index in [-0.39, 0.29) is 11.1 Å². The molecule has 0 bridgehead atoms. The molecule has 0 aliphatic carbocycles. The van der Waals surface area contributed by atoms with E-state index in [9.17, 15) is 9.59 Å². The third-order valence-corrected chi connectivity index (χ3v) is 6.97. The molecule has 30 heavy (non-hydrogen) atoms. The van der Waals surface area contributed by atoms with Crippen molar-refractivity contribution in [3.63, 3.8) is 0 Å². The van der Waals surface area contributed by atoms with Crippen LogP contribution < -0.4 is 0 Å². The summed E-state index contributed by atoms with van der Waals surface area (Å²) in [6, 6.07) is 9.39. The molecule has 0 amide bonds. The molecule has 0 heterocycles. The summed E-state index contributed by atoms with van der Waals surface area (Å²) in [7, 11) is 2.18. The van der Waals surface area contributed by atoms with Crippen LogP contribution in [0.25, 0.3) is 16.0 Å². The SMILES string of the molecule is C=CCC/C(OC)=C(/c1c(C(=O)OC)c(C(=O)OC)cc2ccccc12)[Si](C)(C)C. The third kappa shape index (κ3) is 4.65. The van der Waals surface area contributed by atoms with Crippen molar-refractivity contribution in [3.8, 4) is 0 Å². The maximum absolute atomic E-state index is 13.0. The molecule has 2 rings (SSSR count). The molecule has 0 spiro atoms. The number of hydrogen-bond acceptors (Lipinski definition) is 5. The van der Waals surface area contributed by atoms with Gasteiger partial charge < -0.3 is 14.2 Å². The van der Waals surface area contributed by atoms with Crippen LogP contribution in [0.4, 0.5) is 0 Å². The Morgan fingerprint density at radius 2 is 1.60 bits per heavy atom. The van der Waals surface area contributed by atoms with Gasteiger partial charge in [-0.1, -0.05) is 50.0 Å². The van der Waals surface area contributed by atoms with E-state index in [1.165, 1.54) is 14.2 Å². The van der Waals surface area contributed by atoms with E-state index < -0.39 is 20.0 Å². The number of carbonyl (C=O) groups is 2. The van der Waals surface area contributed by atoms with Crippen LogP contribution in [0.15, 0.2) is 48.7 Å². The molecular weight excluding hydrogens is 396 g/mol. The summed E-state index contributed by atoms with van der Waals surface area (Å²) in [5.74, 6) is -0.361. The van der Waals surface area contributed by atoms with Gasteiger partial charge in [-0.25, -0.2) is 9.59 Å². The minimum atomic E-state index is -2.08. The lowest BCUT2D eigenvalue weighted by Crippen LogP contribution is -2.28. The maximum atomic E-state index is 13.0. The Bertz CT molecular complexity index is 999. The molecule has 2 aromatic carbocycles. The van der Waals surface area contributed by atoms with E-state index in [1.807, 2.05) is 30.3 Å². The molecule has 0 aromatic heterocycles. The Balaban J connectivity index is 3.15. The summed E-state index contributed by atoms with van der Waals surface area (Å²) in [5.41, 5.74) is 1.10.